The molecule has 32 heavy (non-hydrogen) atoms. The summed E-state index contributed by atoms with van der Waals surface area (Å²) in [6.07, 6.45) is 4.61. The van der Waals surface area contributed by atoms with Crippen molar-refractivity contribution in [1.82, 2.24) is 4.90 Å². The Hall–Kier alpha value is -2.72. The number of methoxy groups -OCH3 is 2. The lowest BCUT2D eigenvalue weighted by atomic mass is 9.69. The second-order valence-electron chi connectivity index (χ2n) is 9.65. The number of benzene rings is 2. The zero-order chi connectivity index (χ0) is 22.6. The monoisotopic (exact) mass is 449 g/mol. The van der Waals surface area contributed by atoms with Gasteiger partial charge < -0.3 is 14.4 Å². The first-order valence-electron chi connectivity index (χ1n) is 11.1. The Balaban J connectivity index is 1.71. The molecule has 5 rings (SSSR count). The maximum Gasteiger partial charge on any atom is 0.162 e. The van der Waals surface area contributed by atoms with E-state index >= 15 is 0 Å². The maximum absolute atomic E-state index is 13.4. The standard InChI is InChI=1S/C27H28ClNO3/c1-27(2)14-22-26(23(30)15-27)20(16-5-7-18(28)8-6-16)12-21-19-13-25(32-4)24(31-3)11-17(19)9-10-29(21)22/h5-8,11-13,20H,9-10,14-15H2,1-4H3. The van der Waals surface area contributed by atoms with E-state index in [0.29, 0.717) is 11.4 Å². The summed E-state index contributed by atoms with van der Waals surface area (Å²) in [4.78, 5) is 15.8. The van der Waals surface area contributed by atoms with E-state index in [9.17, 15) is 4.79 Å². The van der Waals surface area contributed by atoms with Gasteiger partial charge >= 0.3 is 0 Å². The van der Waals surface area contributed by atoms with Crippen LogP contribution in [0.25, 0.3) is 5.70 Å². The molecule has 1 atom stereocenters. The molecule has 2 aromatic rings. The molecule has 0 saturated heterocycles. The summed E-state index contributed by atoms with van der Waals surface area (Å²) in [5.74, 6) is 1.64. The van der Waals surface area contributed by atoms with Gasteiger partial charge in [-0.2, -0.15) is 0 Å². The van der Waals surface area contributed by atoms with E-state index in [4.69, 9.17) is 21.1 Å². The SMILES string of the molecule is COc1cc2c(cc1OC)C1=CC(c3ccc(Cl)cc3)C3=C(CC(C)(C)CC3=O)N1CC2. The number of hydrogen-bond acceptors (Lipinski definition) is 4. The third-order valence-electron chi connectivity index (χ3n) is 6.87. The molecule has 0 N–H and O–H groups in total. The number of allylic oxidation sites excluding steroid dienone is 3. The molecule has 0 fully saturated rings. The van der Waals surface area contributed by atoms with Crippen molar-refractivity contribution in [3.05, 3.63) is 75.5 Å². The van der Waals surface area contributed by atoms with Crippen LogP contribution >= 0.6 is 11.6 Å². The van der Waals surface area contributed by atoms with Crippen molar-refractivity contribution in [2.24, 2.45) is 5.41 Å². The van der Waals surface area contributed by atoms with Crippen molar-refractivity contribution in [3.8, 4) is 11.5 Å². The van der Waals surface area contributed by atoms with Crippen molar-refractivity contribution >= 4 is 23.1 Å². The summed E-state index contributed by atoms with van der Waals surface area (Å²) in [5.41, 5.74) is 6.69. The zero-order valence-electron chi connectivity index (χ0n) is 19.0. The fraction of sp³-hybridized carbons (Fsp3) is 0.370. The second kappa shape index (κ2) is 7.70. The zero-order valence-corrected chi connectivity index (χ0v) is 19.8. The molecule has 0 saturated carbocycles. The molecule has 3 aliphatic rings. The van der Waals surface area contributed by atoms with E-state index in [1.165, 1.54) is 11.3 Å². The van der Waals surface area contributed by atoms with Gasteiger partial charge in [0.15, 0.2) is 17.3 Å². The minimum atomic E-state index is -0.0869. The summed E-state index contributed by atoms with van der Waals surface area (Å²) in [6, 6.07) is 12.0. The number of nitrogens with zero attached hydrogens (tertiary/aromatic N) is 1. The van der Waals surface area contributed by atoms with Crippen LogP contribution in [-0.2, 0) is 11.2 Å². The Morgan fingerprint density at radius 2 is 1.72 bits per heavy atom. The highest BCUT2D eigenvalue weighted by Crippen LogP contribution is 2.51. The number of ketones is 1. The molecule has 166 valence electrons. The molecule has 0 spiro atoms. The number of carbonyl (C=O) groups is 1. The van der Waals surface area contributed by atoms with Crippen LogP contribution in [0.2, 0.25) is 5.02 Å². The molecule has 0 bridgehead atoms. The molecule has 2 aliphatic heterocycles. The van der Waals surface area contributed by atoms with E-state index in [1.807, 2.05) is 24.3 Å². The van der Waals surface area contributed by atoms with E-state index in [1.54, 1.807) is 14.2 Å². The van der Waals surface area contributed by atoms with Crippen LogP contribution in [0.15, 0.2) is 53.7 Å². The summed E-state index contributed by atoms with van der Waals surface area (Å²) in [7, 11) is 3.34. The summed E-state index contributed by atoms with van der Waals surface area (Å²) in [5, 5.41) is 0.698. The first-order valence-corrected chi connectivity index (χ1v) is 11.5. The quantitative estimate of drug-likeness (QED) is 0.576. The highest BCUT2D eigenvalue weighted by Gasteiger charge is 2.42. The maximum atomic E-state index is 13.4. The first-order chi connectivity index (χ1) is 15.3. The fourth-order valence-corrected chi connectivity index (χ4v) is 5.52. The van der Waals surface area contributed by atoms with Crippen molar-refractivity contribution in [3.63, 3.8) is 0 Å². The summed E-state index contributed by atoms with van der Waals surface area (Å²) in [6.45, 7) is 5.23. The molecule has 4 nitrogen and oxygen atoms in total. The lowest BCUT2D eigenvalue weighted by Crippen LogP contribution is -2.40. The van der Waals surface area contributed by atoms with Crippen LogP contribution in [0.5, 0.6) is 11.5 Å². The Bertz CT molecular complexity index is 1160. The van der Waals surface area contributed by atoms with Crippen LogP contribution < -0.4 is 9.47 Å². The van der Waals surface area contributed by atoms with Crippen LogP contribution in [0, 0.1) is 5.41 Å². The molecule has 1 unspecified atom stereocenters. The van der Waals surface area contributed by atoms with Gasteiger partial charge in [-0.3, -0.25) is 4.79 Å². The van der Waals surface area contributed by atoms with Gasteiger partial charge in [0.25, 0.3) is 0 Å². The van der Waals surface area contributed by atoms with E-state index in [-0.39, 0.29) is 17.1 Å². The lowest BCUT2D eigenvalue weighted by molar-refractivity contribution is -0.118. The molecular formula is C27H28ClNO3. The fourth-order valence-electron chi connectivity index (χ4n) is 5.39. The Kier molecular flexibility index (Phi) is 5.09. The minimum absolute atomic E-state index is 0.0548. The van der Waals surface area contributed by atoms with E-state index in [2.05, 4.69) is 37.0 Å². The van der Waals surface area contributed by atoms with Gasteiger partial charge in [0.05, 0.1) is 14.2 Å². The average molecular weight is 450 g/mol. The van der Waals surface area contributed by atoms with Crippen molar-refractivity contribution in [1.29, 1.82) is 0 Å². The van der Waals surface area contributed by atoms with Gasteiger partial charge in [-0.1, -0.05) is 37.6 Å². The molecule has 0 radical (unpaired) electrons. The van der Waals surface area contributed by atoms with Crippen molar-refractivity contribution in [2.75, 3.05) is 20.8 Å². The normalized spacial score (nSPS) is 21.4. The number of Topliss-reactive ketones (excluding diaryl/α,β-unsaturated/α-hetero) is 1. The van der Waals surface area contributed by atoms with Crippen LogP contribution in [0.3, 0.4) is 0 Å². The number of rotatable bonds is 3. The van der Waals surface area contributed by atoms with Crippen molar-refractivity contribution < 1.29 is 14.3 Å². The molecule has 0 aromatic heterocycles. The van der Waals surface area contributed by atoms with Gasteiger partial charge in [-0.25, -0.2) is 0 Å². The predicted molar refractivity (Wildman–Crippen MR) is 127 cm³/mol. The first kappa shape index (κ1) is 21.1. The van der Waals surface area contributed by atoms with E-state index < -0.39 is 0 Å². The van der Waals surface area contributed by atoms with Gasteiger partial charge in [0.2, 0.25) is 0 Å². The molecule has 2 heterocycles. The Morgan fingerprint density at radius 1 is 1.03 bits per heavy atom. The highest BCUT2D eigenvalue weighted by atomic mass is 35.5. The van der Waals surface area contributed by atoms with Gasteiger partial charge in [0, 0.05) is 46.4 Å². The van der Waals surface area contributed by atoms with Crippen molar-refractivity contribution in [2.45, 2.75) is 39.0 Å². The molecule has 5 heteroatoms. The third-order valence-corrected chi connectivity index (χ3v) is 7.12. The third kappa shape index (κ3) is 3.41. The summed E-state index contributed by atoms with van der Waals surface area (Å²) >= 11 is 6.17. The van der Waals surface area contributed by atoms with Gasteiger partial charge in [0.1, 0.15) is 0 Å². The van der Waals surface area contributed by atoms with Gasteiger partial charge in [-0.15, -0.1) is 0 Å². The molecule has 1 aliphatic carbocycles. The topological polar surface area (TPSA) is 38.8 Å². The van der Waals surface area contributed by atoms with E-state index in [0.717, 1.165) is 53.3 Å². The minimum Gasteiger partial charge on any atom is -0.493 e. The summed E-state index contributed by atoms with van der Waals surface area (Å²) < 4.78 is 11.2. The number of carbonyl (C=O) groups excluding carboxylic acids is 1. The van der Waals surface area contributed by atoms with Crippen LogP contribution in [0.1, 0.15) is 49.3 Å². The van der Waals surface area contributed by atoms with Crippen LogP contribution in [0.4, 0.5) is 0 Å². The second-order valence-corrected chi connectivity index (χ2v) is 10.1. The smallest absolute Gasteiger partial charge is 0.162 e. The predicted octanol–water partition coefficient (Wildman–Crippen LogP) is 6.00. The number of fused-ring (bicyclic) bond motifs is 4. The molecule has 2 aromatic carbocycles. The molecule has 0 amide bonds. The Labute approximate surface area is 194 Å². The molecular weight excluding hydrogens is 422 g/mol. The Morgan fingerprint density at radius 3 is 2.41 bits per heavy atom. The highest BCUT2D eigenvalue weighted by molar-refractivity contribution is 6.30. The largest absolute Gasteiger partial charge is 0.493 e. The number of ether oxygens (including phenoxy) is 2. The number of halogens is 1. The lowest BCUT2D eigenvalue weighted by Gasteiger charge is -2.46. The van der Waals surface area contributed by atoms with Crippen LogP contribution in [-0.4, -0.2) is 31.4 Å². The number of hydrogen-bond donors (Lipinski definition) is 0. The average Bonchev–Trinajstić information content (AvgIpc) is 2.77. The van der Waals surface area contributed by atoms with Gasteiger partial charge in [-0.05, 0) is 59.7 Å².